The van der Waals surface area contributed by atoms with Crippen molar-refractivity contribution in [1.82, 2.24) is 0 Å². The highest BCUT2D eigenvalue weighted by Gasteiger charge is 2.15. The molecule has 0 spiro atoms. The van der Waals surface area contributed by atoms with Crippen molar-refractivity contribution in [3.8, 4) is 0 Å². The largest absolute Gasteiger partial charge is 0.304 e. The highest BCUT2D eigenvalue weighted by molar-refractivity contribution is 7.88. The molecule has 0 aliphatic carbocycles. The van der Waals surface area contributed by atoms with E-state index in [4.69, 9.17) is 4.55 Å². The van der Waals surface area contributed by atoms with Crippen molar-refractivity contribution in [3.05, 3.63) is 34.4 Å². The summed E-state index contributed by atoms with van der Waals surface area (Å²) in [7, 11) is -4.25. The second kappa shape index (κ2) is 3.51. The molecule has 0 aliphatic rings. The van der Waals surface area contributed by atoms with Crippen LogP contribution in [-0.2, 0) is 10.1 Å². The van der Waals surface area contributed by atoms with E-state index in [0.717, 1.165) is 11.3 Å². The summed E-state index contributed by atoms with van der Waals surface area (Å²) in [4.78, 5) is 9.92. The third-order valence-electron chi connectivity index (χ3n) is 1.94. The Morgan fingerprint density at radius 3 is 2.56 bits per heavy atom. The molecule has 8 heteroatoms. The van der Waals surface area contributed by atoms with Gasteiger partial charge >= 0.3 is 10.1 Å². The van der Waals surface area contributed by atoms with Gasteiger partial charge in [-0.2, -0.15) is 8.42 Å². The maximum Gasteiger partial charge on any atom is 0.304 e. The number of fused-ring (bicyclic) bond motifs is 1. The number of hydrogen-bond acceptors (Lipinski definition) is 5. The highest BCUT2D eigenvalue weighted by Crippen LogP contribution is 2.31. The Labute approximate surface area is 94.0 Å². The molecule has 1 heterocycles. The number of rotatable bonds is 2. The van der Waals surface area contributed by atoms with Crippen LogP contribution in [0.3, 0.4) is 0 Å². The fraction of sp³-hybridized carbons (Fsp3) is 0. The van der Waals surface area contributed by atoms with Gasteiger partial charge in [0.15, 0.2) is 0 Å². The third kappa shape index (κ3) is 1.90. The van der Waals surface area contributed by atoms with Crippen LogP contribution in [0.25, 0.3) is 10.1 Å². The Bertz CT molecular complexity index is 673. The van der Waals surface area contributed by atoms with Gasteiger partial charge in [-0.15, -0.1) is 11.3 Å². The van der Waals surface area contributed by atoms with Crippen LogP contribution in [0, 0.1) is 10.1 Å². The fourth-order valence-corrected chi connectivity index (χ4v) is 2.99. The summed E-state index contributed by atoms with van der Waals surface area (Å²) in [5.74, 6) is 0. The van der Waals surface area contributed by atoms with E-state index in [-0.39, 0.29) is 9.90 Å². The van der Waals surface area contributed by atoms with Crippen LogP contribution >= 0.6 is 11.3 Å². The molecule has 1 N–H and O–H groups in total. The first-order chi connectivity index (χ1) is 7.38. The van der Waals surface area contributed by atoms with Crippen molar-refractivity contribution >= 4 is 37.2 Å². The van der Waals surface area contributed by atoms with Gasteiger partial charge in [-0.3, -0.25) is 14.7 Å². The standard InChI is InChI=1S/C8H5NO5S2/c10-9(11)6-1-2-7-5(3-6)4-8(15-7)16(12,13)14/h1-4H,(H,12,13,14). The predicted molar refractivity (Wildman–Crippen MR) is 58.3 cm³/mol. The van der Waals surface area contributed by atoms with Crippen LogP contribution in [0.5, 0.6) is 0 Å². The lowest BCUT2D eigenvalue weighted by atomic mass is 10.2. The van der Waals surface area contributed by atoms with Crippen LogP contribution in [-0.4, -0.2) is 17.9 Å². The number of non-ortho nitro benzene ring substituents is 1. The van der Waals surface area contributed by atoms with Gasteiger partial charge in [0.1, 0.15) is 4.21 Å². The molecular weight excluding hydrogens is 254 g/mol. The summed E-state index contributed by atoms with van der Waals surface area (Å²) in [6.45, 7) is 0. The number of nitro benzene ring substituents is 1. The van der Waals surface area contributed by atoms with Gasteiger partial charge in [0, 0.05) is 22.2 Å². The zero-order valence-corrected chi connectivity index (χ0v) is 9.29. The Morgan fingerprint density at radius 1 is 1.31 bits per heavy atom. The third-order valence-corrected chi connectivity index (χ3v) is 4.36. The van der Waals surface area contributed by atoms with Crippen LogP contribution in [0.15, 0.2) is 28.5 Å². The van der Waals surface area contributed by atoms with Crippen LogP contribution < -0.4 is 0 Å². The predicted octanol–water partition coefficient (Wildman–Crippen LogP) is 2.06. The maximum absolute atomic E-state index is 10.9. The topological polar surface area (TPSA) is 97.5 Å². The van der Waals surface area contributed by atoms with Crippen molar-refractivity contribution in [2.75, 3.05) is 0 Å². The second-order valence-electron chi connectivity index (χ2n) is 3.02. The Morgan fingerprint density at radius 2 is 2.00 bits per heavy atom. The molecule has 0 aliphatic heterocycles. The summed E-state index contributed by atoms with van der Waals surface area (Å²) >= 11 is 0.864. The van der Waals surface area contributed by atoms with E-state index in [0.29, 0.717) is 10.1 Å². The summed E-state index contributed by atoms with van der Waals surface area (Å²) < 4.78 is 30.9. The van der Waals surface area contributed by atoms with Crippen molar-refractivity contribution in [1.29, 1.82) is 0 Å². The van der Waals surface area contributed by atoms with Gasteiger partial charge in [0.25, 0.3) is 5.69 Å². The van der Waals surface area contributed by atoms with Crippen LogP contribution in [0.1, 0.15) is 0 Å². The molecule has 0 unspecified atom stereocenters. The van der Waals surface area contributed by atoms with E-state index in [1.54, 1.807) is 0 Å². The van der Waals surface area contributed by atoms with Gasteiger partial charge in [0.2, 0.25) is 0 Å². The molecule has 0 bridgehead atoms. The summed E-state index contributed by atoms with van der Waals surface area (Å²) in [5.41, 5.74) is -0.118. The molecule has 16 heavy (non-hydrogen) atoms. The molecule has 0 saturated carbocycles. The first-order valence-corrected chi connectivity index (χ1v) is 6.29. The number of nitrogens with zero attached hydrogens (tertiary/aromatic N) is 1. The normalized spacial score (nSPS) is 11.8. The van der Waals surface area contributed by atoms with E-state index in [2.05, 4.69) is 0 Å². The lowest BCUT2D eigenvalue weighted by Crippen LogP contribution is -1.93. The lowest BCUT2D eigenvalue weighted by molar-refractivity contribution is -0.384. The first-order valence-electron chi connectivity index (χ1n) is 4.03. The second-order valence-corrected chi connectivity index (χ2v) is 5.75. The minimum Gasteiger partial charge on any atom is -0.281 e. The lowest BCUT2D eigenvalue weighted by Gasteiger charge is -1.89. The van der Waals surface area contributed by atoms with E-state index in [9.17, 15) is 18.5 Å². The van der Waals surface area contributed by atoms with Crippen molar-refractivity contribution in [3.63, 3.8) is 0 Å². The average Bonchev–Trinajstić information content (AvgIpc) is 2.58. The SMILES string of the molecule is O=[N+]([O-])c1ccc2sc(S(=O)(=O)O)cc2c1. The molecule has 0 fully saturated rings. The Balaban J connectivity index is 2.68. The number of hydrogen-bond donors (Lipinski definition) is 1. The summed E-state index contributed by atoms with van der Waals surface area (Å²) in [5, 5.41) is 10.9. The molecule has 0 atom stereocenters. The summed E-state index contributed by atoms with van der Waals surface area (Å²) in [6.07, 6.45) is 0. The molecule has 0 radical (unpaired) electrons. The maximum atomic E-state index is 10.9. The van der Waals surface area contributed by atoms with Gasteiger partial charge < -0.3 is 0 Å². The van der Waals surface area contributed by atoms with Crippen molar-refractivity contribution < 1.29 is 17.9 Å². The number of thiophene rings is 1. The summed E-state index contributed by atoms with van der Waals surface area (Å²) in [6, 6.07) is 5.21. The fourth-order valence-electron chi connectivity index (χ4n) is 1.25. The van der Waals surface area contributed by atoms with E-state index >= 15 is 0 Å². The number of benzene rings is 1. The molecule has 2 rings (SSSR count). The monoisotopic (exact) mass is 259 g/mol. The van der Waals surface area contributed by atoms with Gasteiger partial charge in [-0.25, -0.2) is 0 Å². The molecule has 1 aromatic heterocycles. The average molecular weight is 259 g/mol. The molecule has 6 nitrogen and oxygen atoms in total. The smallest absolute Gasteiger partial charge is 0.281 e. The zero-order valence-electron chi connectivity index (χ0n) is 7.65. The number of nitro groups is 1. The Hall–Kier alpha value is -1.51. The molecule has 0 saturated heterocycles. The van der Waals surface area contributed by atoms with Crippen LogP contribution in [0.2, 0.25) is 0 Å². The minimum atomic E-state index is -4.25. The quantitative estimate of drug-likeness (QED) is 0.505. The van der Waals surface area contributed by atoms with E-state index < -0.39 is 15.0 Å². The van der Waals surface area contributed by atoms with Gasteiger partial charge in [-0.1, -0.05) is 0 Å². The van der Waals surface area contributed by atoms with Crippen LogP contribution in [0.4, 0.5) is 5.69 Å². The van der Waals surface area contributed by atoms with Gasteiger partial charge in [-0.05, 0) is 12.1 Å². The highest BCUT2D eigenvalue weighted by atomic mass is 32.3. The Kier molecular flexibility index (Phi) is 2.41. The van der Waals surface area contributed by atoms with Crippen molar-refractivity contribution in [2.45, 2.75) is 4.21 Å². The van der Waals surface area contributed by atoms with Gasteiger partial charge in [0.05, 0.1) is 4.92 Å². The molecule has 84 valence electrons. The molecule has 0 amide bonds. The first kappa shape index (κ1) is 11.0. The minimum absolute atomic E-state index is 0.118. The van der Waals surface area contributed by atoms with Crippen molar-refractivity contribution in [2.24, 2.45) is 0 Å². The molecule has 2 aromatic rings. The van der Waals surface area contributed by atoms with E-state index in [1.165, 1.54) is 24.3 Å². The molecule has 1 aromatic carbocycles. The molecular formula is C8H5NO5S2. The zero-order chi connectivity index (χ0) is 11.9. The van der Waals surface area contributed by atoms with E-state index in [1.807, 2.05) is 0 Å².